The van der Waals surface area contributed by atoms with E-state index in [1.54, 1.807) is 11.3 Å². The summed E-state index contributed by atoms with van der Waals surface area (Å²) in [5.41, 5.74) is 1.27. The van der Waals surface area contributed by atoms with Crippen LogP contribution >= 0.6 is 27.3 Å². The maximum atomic E-state index is 4.81. The highest BCUT2D eigenvalue weighted by molar-refractivity contribution is 9.08. The number of fused-ring (bicyclic) bond motifs is 1. The standard InChI is InChI=1S/C13H19BrN4S/c1-9-7-17(8-11(9)16(2)3)12-10(6-14)18-4-5-19-13(18)15-12/h4-5,9,11H,6-8H2,1-3H3. The number of rotatable bonds is 3. The Morgan fingerprint density at radius 1 is 1.47 bits per heavy atom. The summed E-state index contributed by atoms with van der Waals surface area (Å²) in [6.45, 7) is 4.49. The summed E-state index contributed by atoms with van der Waals surface area (Å²) in [4.78, 5) is 10.7. The lowest BCUT2D eigenvalue weighted by molar-refractivity contribution is 0.266. The van der Waals surface area contributed by atoms with Crippen molar-refractivity contribution in [3.63, 3.8) is 0 Å². The van der Waals surface area contributed by atoms with E-state index < -0.39 is 0 Å². The molecular formula is C13H19BrN4S. The average molecular weight is 343 g/mol. The molecule has 0 aromatic carbocycles. The van der Waals surface area contributed by atoms with Crippen LogP contribution in [0.1, 0.15) is 12.6 Å². The molecule has 1 fully saturated rings. The van der Waals surface area contributed by atoms with E-state index in [4.69, 9.17) is 4.98 Å². The number of likely N-dealkylation sites (N-methyl/N-ethyl adjacent to an activating group) is 1. The van der Waals surface area contributed by atoms with E-state index in [9.17, 15) is 0 Å². The van der Waals surface area contributed by atoms with Gasteiger partial charge < -0.3 is 9.80 Å². The number of imidazole rings is 1. The van der Waals surface area contributed by atoms with Crippen LogP contribution in [0.5, 0.6) is 0 Å². The number of aromatic nitrogens is 2. The van der Waals surface area contributed by atoms with Gasteiger partial charge in [0.15, 0.2) is 10.8 Å². The molecule has 1 aliphatic heterocycles. The van der Waals surface area contributed by atoms with E-state index in [2.05, 4.69) is 62.7 Å². The molecule has 0 aliphatic carbocycles. The van der Waals surface area contributed by atoms with Crippen LogP contribution in [0.3, 0.4) is 0 Å². The average Bonchev–Trinajstić information content (AvgIpc) is 3.00. The first-order chi connectivity index (χ1) is 9.11. The molecule has 2 aromatic heterocycles. The molecule has 3 heterocycles. The monoisotopic (exact) mass is 342 g/mol. The minimum absolute atomic E-state index is 0.614. The molecule has 4 nitrogen and oxygen atoms in total. The van der Waals surface area contributed by atoms with Crippen molar-refractivity contribution in [3.05, 3.63) is 17.3 Å². The van der Waals surface area contributed by atoms with Crippen molar-refractivity contribution in [2.75, 3.05) is 32.1 Å². The van der Waals surface area contributed by atoms with Crippen LogP contribution in [0.4, 0.5) is 5.82 Å². The predicted molar refractivity (Wildman–Crippen MR) is 84.6 cm³/mol. The molecule has 2 unspecified atom stereocenters. The smallest absolute Gasteiger partial charge is 0.195 e. The lowest BCUT2D eigenvalue weighted by Gasteiger charge is -2.22. The summed E-state index contributed by atoms with van der Waals surface area (Å²) < 4.78 is 2.20. The lowest BCUT2D eigenvalue weighted by atomic mass is 10.1. The molecule has 3 rings (SSSR count). The largest absolute Gasteiger partial charge is 0.353 e. The Morgan fingerprint density at radius 3 is 2.89 bits per heavy atom. The van der Waals surface area contributed by atoms with Crippen molar-refractivity contribution < 1.29 is 0 Å². The van der Waals surface area contributed by atoms with E-state index >= 15 is 0 Å². The number of thiazole rings is 1. The van der Waals surface area contributed by atoms with Crippen LogP contribution in [0.15, 0.2) is 11.6 Å². The van der Waals surface area contributed by atoms with Crippen LogP contribution in [0.25, 0.3) is 4.96 Å². The van der Waals surface area contributed by atoms with Crippen molar-refractivity contribution in [3.8, 4) is 0 Å². The highest BCUT2D eigenvalue weighted by atomic mass is 79.9. The van der Waals surface area contributed by atoms with Gasteiger partial charge in [0.2, 0.25) is 0 Å². The molecule has 0 radical (unpaired) electrons. The lowest BCUT2D eigenvalue weighted by Crippen LogP contribution is -2.34. The minimum Gasteiger partial charge on any atom is -0.353 e. The molecule has 0 bridgehead atoms. The van der Waals surface area contributed by atoms with Crippen molar-refractivity contribution in [1.29, 1.82) is 0 Å². The fourth-order valence-electron chi connectivity index (χ4n) is 2.99. The molecule has 6 heteroatoms. The van der Waals surface area contributed by atoms with Gasteiger partial charge in [-0.2, -0.15) is 0 Å². The molecule has 1 saturated heterocycles. The Bertz CT molecular complexity index is 576. The molecule has 2 atom stereocenters. The Morgan fingerprint density at radius 2 is 2.26 bits per heavy atom. The second-order valence-electron chi connectivity index (χ2n) is 5.48. The highest BCUT2D eigenvalue weighted by Crippen LogP contribution is 2.31. The van der Waals surface area contributed by atoms with Crippen LogP contribution in [-0.2, 0) is 5.33 Å². The molecule has 1 aliphatic rings. The second kappa shape index (κ2) is 5.07. The van der Waals surface area contributed by atoms with E-state index in [0.717, 1.165) is 29.2 Å². The van der Waals surface area contributed by atoms with Gasteiger partial charge in [-0.1, -0.05) is 22.9 Å². The van der Waals surface area contributed by atoms with Crippen LogP contribution in [-0.4, -0.2) is 47.5 Å². The topological polar surface area (TPSA) is 23.8 Å². The molecule has 0 saturated carbocycles. The van der Waals surface area contributed by atoms with Gasteiger partial charge in [0.25, 0.3) is 0 Å². The molecular weight excluding hydrogens is 324 g/mol. The number of halogens is 1. The highest BCUT2D eigenvalue weighted by Gasteiger charge is 2.33. The van der Waals surface area contributed by atoms with Crippen molar-refractivity contribution in [2.24, 2.45) is 5.92 Å². The van der Waals surface area contributed by atoms with Gasteiger partial charge in [-0.15, -0.1) is 11.3 Å². The maximum Gasteiger partial charge on any atom is 0.195 e. The van der Waals surface area contributed by atoms with Crippen molar-refractivity contribution in [1.82, 2.24) is 14.3 Å². The molecule has 0 N–H and O–H groups in total. The van der Waals surface area contributed by atoms with Gasteiger partial charge in [-0.25, -0.2) is 4.98 Å². The fraction of sp³-hybridized carbons (Fsp3) is 0.615. The van der Waals surface area contributed by atoms with Gasteiger partial charge in [0.05, 0.1) is 5.69 Å². The molecule has 104 valence electrons. The first kappa shape index (κ1) is 13.4. The summed E-state index contributed by atoms with van der Waals surface area (Å²) in [6, 6.07) is 0.614. The number of alkyl halides is 1. The van der Waals surface area contributed by atoms with Crippen LogP contribution < -0.4 is 4.90 Å². The zero-order valence-corrected chi connectivity index (χ0v) is 13.9. The molecule has 0 amide bonds. The summed E-state index contributed by atoms with van der Waals surface area (Å²) in [5.74, 6) is 1.83. The van der Waals surface area contributed by atoms with E-state index in [-0.39, 0.29) is 0 Å². The van der Waals surface area contributed by atoms with E-state index in [0.29, 0.717) is 12.0 Å². The predicted octanol–water partition coefficient (Wildman–Crippen LogP) is 2.68. The third-order valence-corrected chi connectivity index (χ3v) is 5.29. The van der Waals surface area contributed by atoms with Gasteiger partial charge in [-0.05, 0) is 20.0 Å². The molecule has 19 heavy (non-hydrogen) atoms. The summed E-state index contributed by atoms with van der Waals surface area (Å²) >= 11 is 5.30. The van der Waals surface area contributed by atoms with Crippen molar-refractivity contribution >= 4 is 38.0 Å². The first-order valence-electron chi connectivity index (χ1n) is 6.53. The van der Waals surface area contributed by atoms with Crippen LogP contribution in [0.2, 0.25) is 0 Å². The zero-order valence-electron chi connectivity index (χ0n) is 11.5. The summed E-state index contributed by atoms with van der Waals surface area (Å²) in [7, 11) is 4.34. The Balaban J connectivity index is 1.94. The third kappa shape index (κ3) is 2.19. The van der Waals surface area contributed by atoms with E-state index in [1.165, 1.54) is 5.69 Å². The number of anilines is 1. The quantitative estimate of drug-likeness (QED) is 0.801. The third-order valence-electron chi connectivity index (χ3n) is 4.00. The summed E-state index contributed by atoms with van der Waals surface area (Å²) in [6.07, 6.45) is 2.11. The molecule has 2 aromatic rings. The van der Waals surface area contributed by atoms with Crippen LogP contribution in [0, 0.1) is 5.92 Å². The van der Waals surface area contributed by atoms with Gasteiger partial charge in [-0.3, -0.25) is 4.40 Å². The first-order valence-corrected chi connectivity index (χ1v) is 8.53. The van der Waals surface area contributed by atoms with Gasteiger partial charge >= 0.3 is 0 Å². The Hall–Kier alpha value is -0.590. The zero-order chi connectivity index (χ0) is 13.6. The normalized spacial score (nSPS) is 23.9. The number of hydrogen-bond acceptors (Lipinski definition) is 4. The van der Waals surface area contributed by atoms with Gasteiger partial charge in [0.1, 0.15) is 0 Å². The van der Waals surface area contributed by atoms with Gasteiger partial charge in [0, 0.05) is 36.0 Å². The van der Waals surface area contributed by atoms with Crippen molar-refractivity contribution in [2.45, 2.75) is 18.3 Å². The minimum atomic E-state index is 0.614. The SMILES string of the molecule is CC1CN(c2nc3sccn3c2CBr)CC1N(C)C. The Labute approximate surface area is 126 Å². The maximum absolute atomic E-state index is 4.81. The van der Waals surface area contributed by atoms with E-state index in [1.807, 2.05) is 0 Å². The summed E-state index contributed by atoms with van der Waals surface area (Å²) in [5, 5.41) is 2.94. The second-order valence-corrected chi connectivity index (χ2v) is 6.92. The molecule has 0 spiro atoms. The number of nitrogens with zero attached hydrogens (tertiary/aromatic N) is 4. The fourth-order valence-corrected chi connectivity index (χ4v) is 4.24. The Kier molecular flexibility index (Phi) is 3.57. The number of hydrogen-bond donors (Lipinski definition) is 0.